The maximum atomic E-state index is 7.21. The molecule has 34 heavy (non-hydrogen) atoms. The molecule has 0 aliphatic heterocycles. The van der Waals surface area contributed by atoms with Gasteiger partial charge in [0.25, 0.3) is 0 Å². The van der Waals surface area contributed by atoms with Gasteiger partial charge in [-0.2, -0.15) is 0 Å². The predicted octanol–water partition coefficient (Wildman–Crippen LogP) is 11.9. The first-order chi connectivity index (χ1) is 15.4. The van der Waals surface area contributed by atoms with Crippen molar-refractivity contribution < 1.29 is 0 Å². The van der Waals surface area contributed by atoms with Crippen molar-refractivity contribution in [1.82, 2.24) is 0 Å². The number of allylic oxidation sites excluding steroid dienone is 4. The van der Waals surface area contributed by atoms with E-state index in [0.717, 1.165) is 0 Å². The molecule has 0 aromatic heterocycles. The molecule has 0 nitrogen and oxygen atoms in total. The average molecular weight is 827 g/mol. The van der Waals surface area contributed by atoms with Crippen LogP contribution in [0.5, 0.6) is 0 Å². The lowest BCUT2D eigenvalue weighted by Gasteiger charge is -2.35. The molecule has 2 aromatic rings. The normalized spacial score (nSPS) is 38.4. The topological polar surface area (TPSA) is 0 Å². The van der Waals surface area contributed by atoms with Crippen LogP contribution in [0.3, 0.4) is 0 Å². The van der Waals surface area contributed by atoms with E-state index in [2.05, 4.69) is 31.9 Å². The summed E-state index contributed by atoms with van der Waals surface area (Å²) in [5.41, 5.74) is 1.35. The Morgan fingerprint density at radius 3 is 0.941 bits per heavy atom. The fourth-order valence-electron chi connectivity index (χ4n) is 5.58. The number of rotatable bonds is 0. The Morgan fingerprint density at radius 1 is 0.441 bits per heavy atom. The van der Waals surface area contributed by atoms with Crippen molar-refractivity contribution in [2.75, 3.05) is 0 Å². The smallest absolute Gasteiger partial charge is 0.104 e. The molecular formula is C20H2Br2Cl12. The molecule has 4 aliphatic carbocycles. The molecule has 14 heteroatoms. The van der Waals surface area contributed by atoms with Crippen LogP contribution in [-0.2, 0) is 19.5 Å². The summed E-state index contributed by atoms with van der Waals surface area (Å²) in [6.45, 7) is 0. The lowest BCUT2D eigenvalue weighted by Crippen LogP contribution is -2.41. The zero-order valence-corrected chi connectivity index (χ0v) is 27.7. The van der Waals surface area contributed by atoms with Gasteiger partial charge >= 0.3 is 0 Å². The quantitative estimate of drug-likeness (QED) is 0.232. The van der Waals surface area contributed by atoms with Gasteiger partial charge in [-0.15, -0.1) is 46.4 Å². The van der Waals surface area contributed by atoms with Gasteiger partial charge in [0.05, 0.1) is 20.1 Å². The third-order valence-corrected chi connectivity index (χ3v) is 17.1. The summed E-state index contributed by atoms with van der Waals surface area (Å²) in [6, 6.07) is 3.59. The molecule has 4 bridgehead atoms. The van der Waals surface area contributed by atoms with E-state index in [4.69, 9.17) is 139 Å². The Balaban J connectivity index is 1.98. The van der Waals surface area contributed by atoms with E-state index < -0.39 is 28.2 Å². The van der Waals surface area contributed by atoms with Crippen LogP contribution in [0.25, 0.3) is 10.8 Å². The second-order valence-electron chi connectivity index (χ2n) is 8.35. The molecule has 0 radical (unpaired) electrons. The fourth-order valence-corrected chi connectivity index (χ4v) is 11.7. The van der Waals surface area contributed by atoms with Crippen LogP contribution in [-0.4, -0.2) is 8.67 Å². The number of fused-ring (bicyclic) bond motifs is 14. The van der Waals surface area contributed by atoms with Crippen LogP contribution in [0, 0.1) is 0 Å². The summed E-state index contributed by atoms with van der Waals surface area (Å²) in [4.78, 5) is -7.17. The number of alkyl halides is 8. The third-order valence-electron chi connectivity index (χ3n) is 7.05. The minimum atomic E-state index is -1.95. The van der Waals surface area contributed by atoms with Gasteiger partial charge in [0, 0.05) is 8.95 Å². The molecule has 0 saturated carbocycles. The van der Waals surface area contributed by atoms with Crippen molar-refractivity contribution in [2.45, 2.75) is 28.2 Å². The summed E-state index contributed by atoms with van der Waals surface area (Å²) >= 11 is 90.1. The molecule has 0 heterocycles. The second-order valence-corrected chi connectivity index (χ2v) is 16.5. The lowest BCUT2D eigenvalue weighted by molar-refractivity contribution is 0.615. The summed E-state index contributed by atoms with van der Waals surface area (Å²) in [5.74, 6) is 0. The van der Waals surface area contributed by atoms with E-state index in [1.54, 1.807) is 12.1 Å². The van der Waals surface area contributed by atoms with Gasteiger partial charge in [-0.25, -0.2) is 0 Å². The fraction of sp³-hybridized carbons (Fsp3) is 0.300. The largest absolute Gasteiger partial charge is 0.174 e. The average Bonchev–Trinajstić information content (AvgIpc) is 3.09. The van der Waals surface area contributed by atoms with E-state index in [9.17, 15) is 0 Å². The van der Waals surface area contributed by atoms with Crippen LogP contribution in [0.2, 0.25) is 0 Å². The summed E-state index contributed by atoms with van der Waals surface area (Å²) in [6.07, 6.45) is 0. The Morgan fingerprint density at radius 2 is 0.676 bits per heavy atom. The highest BCUT2D eigenvalue weighted by atomic mass is 79.9. The SMILES string of the molecule is ClC1=C(Cl)C2(Cl)c3c(c4c(c5cc(Br)c(Br)cc35)C3(Cl)C(Cl)=C(Cl)C4(Cl)C3(Cl)Cl)C1(Cl)C2(Cl)Cl. The van der Waals surface area contributed by atoms with E-state index in [1.165, 1.54) is 0 Å². The zero-order chi connectivity index (χ0) is 25.3. The van der Waals surface area contributed by atoms with Crippen molar-refractivity contribution in [3.8, 4) is 0 Å². The molecule has 180 valence electrons. The molecule has 0 saturated heterocycles. The first-order valence-corrected chi connectivity index (χ1v) is 15.2. The van der Waals surface area contributed by atoms with E-state index >= 15 is 0 Å². The van der Waals surface area contributed by atoms with Crippen LogP contribution in [0.4, 0.5) is 0 Å². The Bertz CT molecular complexity index is 1380. The van der Waals surface area contributed by atoms with Crippen molar-refractivity contribution >= 4 is 182 Å². The van der Waals surface area contributed by atoms with Crippen LogP contribution in [0.1, 0.15) is 22.3 Å². The van der Waals surface area contributed by atoms with Gasteiger partial charge in [-0.1, -0.05) is 92.8 Å². The van der Waals surface area contributed by atoms with Crippen molar-refractivity contribution in [3.05, 3.63) is 63.5 Å². The highest BCUT2D eigenvalue weighted by molar-refractivity contribution is 9.13. The molecule has 4 aliphatic rings. The van der Waals surface area contributed by atoms with E-state index in [1.807, 2.05) is 0 Å². The maximum Gasteiger partial charge on any atom is 0.174 e. The summed E-state index contributed by atoms with van der Waals surface area (Å²) in [5, 5.41) is 0.971. The lowest BCUT2D eigenvalue weighted by atomic mass is 9.79. The molecule has 0 amide bonds. The number of hydrogen-bond acceptors (Lipinski definition) is 0. The highest BCUT2D eigenvalue weighted by Gasteiger charge is 2.84. The number of hydrogen-bond donors (Lipinski definition) is 0. The van der Waals surface area contributed by atoms with Crippen molar-refractivity contribution in [2.24, 2.45) is 0 Å². The van der Waals surface area contributed by atoms with Gasteiger partial charge in [0.2, 0.25) is 0 Å². The first kappa shape index (κ1) is 26.8. The summed E-state index contributed by atoms with van der Waals surface area (Å²) in [7, 11) is 0. The highest BCUT2D eigenvalue weighted by Crippen LogP contribution is 2.85. The molecule has 0 spiro atoms. The van der Waals surface area contributed by atoms with Gasteiger partial charge in [-0.05, 0) is 77.0 Å². The maximum absolute atomic E-state index is 7.21. The number of benzene rings is 2. The first-order valence-electron chi connectivity index (χ1n) is 9.05. The molecule has 0 N–H and O–H groups in total. The minimum absolute atomic E-state index is 0.0151. The van der Waals surface area contributed by atoms with E-state index in [-0.39, 0.29) is 31.3 Å². The van der Waals surface area contributed by atoms with Gasteiger partial charge in [0.15, 0.2) is 8.67 Å². The van der Waals surface area contributed by atoms with Crippen molar-refractivity contribution in [3.63, 3.8) is 0 Å². The zero-order valence-electron chi connectivity index (χ0n) is 15.4. The number of halogens is 14. The van der Waals surface area contributed by atoms with E-state index in [0.29, 0.717) is 30.8 Å². The van der Waals surface area contributed by atoms with Crippen LogP contribution >= 0.6 is 171 Å². The van der Waals surface area contributed by atoms with Crippen LogP contribution in [0.15, 0.2) is 41.2 Å². The Hall–Kier alpha value is 2.62. The van der Waals surface area contributed by atoms with Crippen molar-refractivity contribution in [1.29, 1.82) is 0 Å². The van der Waals surface area contributed by atoms with Gasteiger partial charge < -0.3 is 0 Å². The molecule has 0 fully saturated rings. The third kappa shape index (κ3) is 2.29. The minimum Gasteiger partial charge on any atom is -0.104 e. The monoisotopic (exact) mass is 819 g/mol. The predicted molar refractivity (Wildman–Crippen MR) is 156 cm³/mol. The molecule has 4 atom stereocenters. The molecule has 4 unspecified atom stereocenters. The Labute approximate surface area is 270 Å². The molecular weight excluding hydrogens is 825 g/mol. The summed E-state index contributed by atoms with van der Waals surface area (Å²) < 4.78 is -2.52. The Kier molecular flexibility index (Phi) is 5.74. The van der Waals surface area contributed by atoms with Crippen LogP contribution < -0.4 is 0 Å². The molecule has 6 rings (SSSR count). The molecule has 2 aromatic carbocycles. The van der Waals surface area contributed by atoms with Gasteiger partial charge in [0.1, 0.15) is 19.5 Å². The standard InChI is InChI=1S/C20H2Br2Cl12/c21-5-1-3-4(2-6(5)22)8-10(18(30)14(26)12(24)16(8,28)20(18,33)34)9-7(3)15(27)11(23)13(25)17(9,29)19(15,31)32/h1-2H. The van der Waals surface area contributed by atoms with Gasteiger partial charge in [-0.3, -0.25) is 0 Å². The second kappa shape index (κ2) is 7.27.